The lowest BCUT2D eigenvalue weighted by molar-refractivity contribution is -0.677. The number of aromatic hydroxyl groups is 2. The van der Waals surface area contributed by atoms with Crippen LogP contribution in [0.3, 0.4) is 0 Å². The molecule has 26 heavy (non-hydrogen) atoms. The van der Waals surface area contributed by atoms with Crippen LogP contribution >= 0.6 is 0 Å². The molecule has 0 aromatic heterocycles. The van der Waals surface area contributed by atoms with Crippen LogP contribution in [0.25, 0.3) is 0 Å². The molecule has 0 saturated heterocycles. The Morgan fingerprint density at radius 3 is 2.46 bits per heavy atom. The van der Waals surface area contributed by atoms with E-state index in [2.05, 4.69) is 10.3 Å². The number of rotatable bonds is 6. The van der Waals surface area contributed by atoms with Crippen molar-refractivity contribution >= 4 is 12.2 Å². The van der Waals surface area contributed by atoms with Gasteiger partial charge in [-0.2, -0.15) is 0 Å². The van der Waals surface area contributed by atoms with Gasteiger partial charge < -0.3 is 20.6 Å². The number of nitrogens with one attached hydrogen (secondary N) is 1. The van der Waals surface area contributed by atoms with E-state index in [9.17, 15) is 15.3 Å². The van der Waals surface area contributed by atoms with Gasteiger partial charge in [-0.3, -0.25) is 0 Å². The number of nitrogens with zero attached hydrogens (tertiary/aromatic N) is 3. The zero-order valence-electron chi connectivity index (χ0n) is 14.4. The minimum absolute atomic E-state index is 0.0629. The van der Waals surface area contributed by atoms with Crippen LogP contribution in [0.1, 0.15) is 11.1 Å². The summed E-state index contributed by atoms with van der Waals surface area (Å²) >= 11 is 0. The first-order chi connectivity index (χ1) is 12.7. The lowest BCUT2D eigenvalue weighted by Gasteiger charge is -2.20. The number of hydrogen-bond acceptors (Lipinski definition) is 6. The van der Waals surface area contributed by atoms with E-state index in [1.54, 1.807) is 36.5 Å². The molecule has 0 fully saturated rings. The van der Waals surface area contributed by atoms with Gasteiger partial charge in [0.2, 0.25) is 12.8 Å². The van der Waals surface area contributed by atoms with Crippen molar-refractivity contribution in [2.75, 3.05) is 26.2 Å². The maximum atomic E-state index is 10.2. The summed E-state index contributed by atoms with van der Waals surface area (Å²) in [6.45, 7) is 2.01. The van der Waals surface area contributed by atoms with E-state index >= 15 is 0 Å². The highest BCUT2D eigenvalue weighted by atomic mass is 16.3. The van der Waals surface area contributed by atoms with Crippen molar-refractivity contribution in [3.63, 3.8) is 0 Å². The lowest BCUT2D eigenvalue weighted by atomic mass is 10.2. The van der Waals surface area contributed by atoms with Gasteiger partial charge in [-0.05, 0) is 24.3 Å². The third-order valence-electron chi connectivity index (χ3n) is 4.07. The van der Waals surface area contributed by atoms with Crippen molar-refractivity contribution in [3.05, 3.63) is 59.7 Å². The Morgan fingerprint density at radius 1 is 1.08 bits per heavy atom. The number of guanidine groups is 1. The molecule has 0 bridgehead atoms. The summed E-state index contributed by atoms with van der Waals surface area (Å²) in [7, 11) is 0. The molecule has 2 aromatic rings. The molecule has 0 saturated carbocycles. The molecule has 1 aliphatic heterocycles. The van der Waals surface area contributed by atoms with Crippen molar-refractivity contribution in [1.82, 2.24) is 10.3 Å². The summed E-state index contributed by atoms with van der Waals surface area (Å²) in [6.07, 6.45) is 1.78. The molecule has 7 heteroatoms. The number of aliphatic imine (C=N–C) groups is 1. The average molecular weight is 355 g/mol. The third kappa shape index (κ3) is 4.12. The predicted molar refractivity (Wildman–Crippen MR) is 99.4 cm³/mol. The summed E-state index contributed by atoms with van der Waals surface area (Å²) in [5, 5.41) is 34.8. The highest BCUT2D eigenvalue weighted by Crippen LogP contribution is 2.19. The summed E-state index contributed by atoms with van der Waals surface area (Å²) < 4.78 is 1.83. The molecule has 0 atom stereocenters. The fourth-order valence-electron chi connectivity index (χ4n) is 2.79. The summed E-state index contributed by atoms with van der Waals surface area (Å²) in [4.78, 5) is 4.44. The second kappa shape index (κ2) is 8.35. The van der Waals surface area contributed by atoms with Crippen molar-refractivity contribution < 1.29 is 20.0 Å². The summed E-state index contributed by atoms with van der Waals surface area (Å²) in [5.41, 5.74) is 1.35. The van der Waals surface area contributed by atoms with E-state index in [0.29, 0.717) is 31.2 Å². The third-order valence-corrected chi connectivity index (χ3v) is 4.07. The highest BCUT2D eigenvalue weighted by molar-refractivity contribution is 5.82. The molecule has 2 aromatic carbocycles. The van der Waals surface area contributed by atoms with Crippen LogP contribution in [-0.4, -0.2) is 63.4 Å². The van der Waals surface area contributed by atoms with Crippen LogP contribution < -0.4 is 5.32 Å². The van der Waals surface area contributed by atoms with Crippen molar-refractivity contribution in [2.24, 2.45) is 4.99 Å². The molecule has 0 unspecified atom stereocenters. The fourth-order valence-corrected chi connectivity index (χ4v) is 2.79. The van der Waals surface area contributed by atoms with Gasteiger partial charge in [0.15, 0.2) is 0 Å². The van der Waals surface area contributed by atoms with Gasteiger partial charge in [-0.15, -0.1) is 9.69 Å². The molecule has 7 nitrogen and oxygen atoms in total. The number of aliphatic hydroxyl groups is 1. The van der Waals surface area contributed by atoms with E-state index in [-0.39, 0.29) is 18.1 Å². The maximum Gasteiger partial charge on any atom is 0.251 e. The Balaban J connectivity index is 2.02. The zero-order chi connectivity index (χ0) is 18.4. The summed E-state index contributed by atoms with van der Waals surface area (Å²) in [5.74, 6) is 0.995. The van der Waals surface area contributed by atoms with Gasteiger partial charge in [-0.25, -0.2) is 4.99 Å². The predicted octanol–water partition coefficient (Wildman–Crippen LogP) is 0.898. The monoisotopic (exact) mass is 355 g/mol. The average Bonchev–Trinajstić information content (AvgIpc) is 3.17. The van der Waals surface area contributed by atoms with E-state index in [4.69, 9.17) is 0 Å². The molecule has 0 aliphatic carbocycles. The SMILES string of the molecule is OCCN(C1=NCCN1)/[N+](=C\c1ccccc1O)Cc1ccccc1O. The van der Waals surface area contributed by atoms with Gasteiger partial charge in [0.05, 0.1) is 24.3 Å². The standard InChI is InChI=1S/C19H22N4O3/c24-12-11-23(19-20-9-10-21-19)22(13-15-5-1-3-7-17(15)25)14-16-6-2-4-8-18(16)26/h1-8,13,24H,9-12,14H2,(H2,20,21,26)/p+1. The molecule has 0 radical (unpaired) electrons. The number of phenols is 2. The number of benzene rings is 2. The Labute approximate surface area is 152 Å². The van der Waals surface area contributed by atoms with E-state index in [0.717, 1.165) is 12.1 Å². The van der Waals surface area contributed by atoms with Gasteiger partial charge in [0.1, 0.15) is 18.0 Å². The van der Waals surface area contributed by atoms with Gasteiger partial charge in [0, 0.05) is 6.54 Å². The Morgan fingerprint density at radius 2 is 1.81 bits per heavy atom. The number of hydrazone groups is 1. The first-order valence-electron chi connectivity index (χ1n) is 8.52. The first kappa shape index (κ1) is 17.8. The Hall–Kier alpha value is -3.06. The Kier molecular flexibility index (Phi) is 5.70. The molecular weight excluding hydrogens is 332 g/mol. The molecule has 1 aliphatic rings. The fraction of sp³-hybridized carbons (Fsp3) is 0.263. The number of para-hydroxylation sites is 2. The van der Waals surface area contributed by atoms with E-state index < -0.39 is 0 Å². The number of hydrogen-bond donors (Lipinski definition) is 4. The van der Waals surface area contributed by atoms with Crippen LogP contribution in [0, 0.1) is 0 Å². The second-order valence-electron chi connectivity index (χ2n) is 5.89. The highest BCUT2D eigenvalue weighted by Gasteiger charge is 2.26. The smallest absolute Gasteiger partial charge is 0.251 e. The Bertz CT molecular complexity index is 820. The normalized spacial score (nSPS) is 14.0. The van der Waals surface area contributed by atoms with Crippen molar-refractivity contribution in [2.45, 2.75) is 6.54 Å². The van der Waals surface area contributed by atoms with Crippen LogP contribution in [0.5, 0.6) is 11.5 Å². The quantitative estimate of drug-likeness (QED) is 0.351. The number of phenolic OH excluding ortho intramolecular Hbond substituents is 2. The molecule has 3 rings (SSSR count). The minimum atomic E-state index is -0.0629. The number of aliphatic hydroxyl groups excluding tert-OH is 1. The van der Waals surface area contributed by atoms with Gasteiger partial charge in [-0.1, -0.05) is 24.3 Å². The maximum absolute atomic E-state index is 10.2. The van der Waals surface area contributed by atoms with Gasteiger partial charge >= 0.3 is 0 Å². The minimum Gasteiger partial charge on any atom is -0.507 e. The van der Waals surface area contributed by atoms with E-state index in [1.807, 2.05) is 27.9 Å². The largest absolute Gasteiger partial charge is 0.507 e. The topological polar surface area (TPSA) is 91.3 Å². The van der Waals surface area contributed by atoms with Crippen LogP contribution in [0.4, 0.5) is 0 Å². The zero-order valence-corrected chi connectivity index (χ0v) is 14.4. The summed E-state index contributed by atoms with van der Waals surface area (Å²) in [6, 6.07) is 14.1. The molecule has 1 heterocycles. The van der Waals surface area contributed by atoms with Crippen molar-refractivity contribution in [3.8, 4) is 11.5 Å². The van der Waals surface area contributed by atoms with Crippen LogP contribution in [-0.2, 0) is 6.54 Å². The molecular formula is C19H23N4O3+. The van der Waals surface area contributed by atoms with E-state index in [1.165, 1.54) is 0 Å². The van der Waals surface area contributed by atoms with Gasteiger partial charge in [0.25, 0.3) is 5.96 Å². The van der Waals surface area contributed by atoms with Crippen molar-refractivity contribution in [1.29, 1.82) is 0 Å². The molecule has 0 amide bonds. The first-order valence-corrected chi connectivity index (χ1v) is 8.52. The molecule has 136 valence electrons. The van der Waals surface area contributed by atoms with Crippen LogP contribution in [0.15, 0.2) is 53.5 Å². The number of hydrazine groups is 1. The molecule has 0 spiro atoms. The second-order valence-corrected chi connectivity index (χ2v) is 5.89. The van der Waals surface area contributed by atoms with Crippen LogP contribution in [0.2, 0.25) is 0 Å². The molecule has 4 N–H and O–H groups in total. The lowest BCUT2D eigenvalue weighted by Crippen LogP contribution is -2.47.